The highest BCUT2D eigenvalue weighted by atomic mass is 35.5. The van der Waals surface area contributed by atoms with Crippen molar-refractivity contribution in [1.82, 2.24) is 5.16 Å². The molecule has 3 rings (SSSR count). The first-order valence-electron chi connectivity index (χ1n) is 6.69. The molecule has 5 nitrogen and oxygen atoms in total. The van der Waals surface area contributed by atoms with E-state index in [9.17, 15) is 4.79 Å². The maximum absolute atomic E-state index is 12.3. The van der Waals surface area contributed by atoms with Crippen molar-refractivity contribution in [3.8, 4) is 17.2 Å². The van der Waals surface area contributed by atoms with Gasteiger partial charge in [-0.05, 0) is 35.9 Å². The minimum atomic E-state index is -0.380. The van der Waals surface area contributed by atoms with Crippen molar-refractivity contribution in [2.24, 2.45) is 0 Å². The number of nitrogens with one attached hydrogen (secondary N) is 1. The van der Waals surface area contributed by atoms with Gasteiger partial charge in [-0.1, -0.05) is 35.0 Å². The van der Waals surface area contributed by atoms with Crippen LogP contribution in [0.1, 0.15) is 15.9 Å². The molecule has 1 heterocycles. The van der Waals surface area contributed by atoms with Crippen molar-refractivity contribution in [2.75, 3.05) is 5.32 Å². The molecule has 112 valence electrons. The zero-order valence-electron chi connectivity index (χ0n) is 11.8. The fraction of sp³-hybridized carbons (Fsp3) is 0. The van der Waals surface area contributed by atoms with E-state index < -0.39 is 0 Å². The Morgan fingerprint density at radius 2 is 2.00 bits per heavy atom. The van der Waals surface area contributed by atoms with Crippen LogP contribution in [0.25, 0.3) is 11.1 Å². The number of hydrogen-bond donors (Lipinski definition) is 1. The molecule has 0 saturated heterocycles. The first-order valence-corrected chi connectivity index (χ1v) is 7.07. The van der Waals surface area contributed by atoms with E-state index >= 15 is 0 Å². The Labute approximate surface area is 137 Å². The number of amides is 1. The molecular formula is C17H10ClN3O2. The summed E-state index contributed by atoms with van der Waals surface area (Å²) >= 11 is 5.87. The molecule has 0 radical (unpaired) electrons. The maximum Gasteiger partial charge on any atom is 0.258 e. The van der Waals surface area contributed by atoms with Gasteiger partial charge in [0.25, 0.3) is 5.91 Å². The van der Waals surface area contributed by atoms with Crippen LogP contribution in [0.15, 0.2) is 59.3 Å². The number of nitriles is 1. The summed E-state index contributed by atoms with van der Waals surface area (Å²) in [6, 6.07) is 15.5. The minimum Gasteiger partial charge on any atom is -0.338 e. The molecule has 1 aromatic heterocycles. The van der Waals surface area contributed by atoms with Crippen LogP contribution >= 0.6 is 11.6 Å². The van der Waals surface area contributed by atoms with Crippen molar-refractivity contribution in [3.05, 3.63) is 70.9 Å². The number of benzene rings is 2. The van der Waals surface area contributed by atoms with Crippen LogP contribution in [0.5, 0.6) is 0 Å². The molecule has 0 fully saturated rings. The van der Waals surface area contributed by atoms with Gasteiger partial charge in [0.05, 0.1) is 23.4 Å². The SMILES string of the molecule is N#Cc1cccc(C(=O)Nc2oncc2-c2ccc(Cl)cc2)c1. The summed E-state index contributed by atoms with van der Waals surface area (Å²) in [5, 5.41) is 15.9. The van der Waals surface area contributed by atoms with Gasteiger partial charge in [0.1, 0.15) is 0 Å². The second kappa shape index (κ2) is 6.34. The van der Waals surface area contributed by atoms with Crippen molar-refractivity contribution in [1.29, 1.82) is 5.26 Å². The number of carbonyl (C=O) groups is 1. The molecule has 3 aromatic rings. The smallest absolute Gasteiger partial charge is 0.258 e. The Kier molecular flexibility index (Phi) is 4.09. The van der Waals surface area contributed by atoms with Gasteiger partial charge in [0.15, 0.2) is 0 Å². The van der Waals surface area contributed by atoms with E-state index in [1.807, 2.05) is 6.07 Å². The van der Waals surface area contributed by atoms with Gasteiger partial charge >= 0.3 is 0 Å². The fourth-order valence-corrected chi connectivity index (χ4v) is 2.20. The predicted molar refractivity (Wildman–Crippen MR) is 86.1 cm³/mol. The van der Waals surface area contributed by atoms with E-state index in [-0.39, 0.29) is 11.8 Å². The van der Waals surface area contributed by atoms with E-state index in [4.69, 9.17) is 21.4 Å². The average Bonchev–Trinajstić information content (AvgIpc) is 3.03. The topological polar surface area (TPSA) is 78.9 Å². The van der Waals surface area contributed by atoms with Crippen LogP contribution in [-0.2, 0) is 0 Å². The van der Waals surface area contributed by atoms with Crippen LogP contribution in [0.3, 0.4) is 0 Å². The Balaban J connectivity index is 1.86. The average molecular weight is 324 g/mol. The molecule has 0 spiro atoms. The van der Waals surface area contributed by atoms with E-state index in [2.05, 4.69) is 10.5 Å². The number of halogens is 1. The van der Waals surface area contributed by atoms with Crippen LogP contribution in [0, 0.1) is 11.3 Å². The lowest BCUT2D eigenvalue weighted by Gasteiger charge is -2.05. The summed E-state index contributed by atoms with van der Waals surface area (Å²) < 4.78 is 5.12. The largest absolute Gasteiger partial charge is 0.338 e. The first kappa shape index (κ1) is 14.8. The minimum absolute atomic E-state index is 0.236. The molecule has 6 heteroatoms. The molecule has 0 bridgehead atoms. The number of hydrogen-bond acceptors (Lipinski definition) is 4. The van der Waals surface area contributed by atoms with E-state index in [0.717, 1.165) is 5.56 Å². The molecule has 2 aromatic carbocycles. The molecule has 0 aliphatic heterocycles. The van der Waals surface area contributed by atoms with Gasteiger partial charge in [-0.25, -0.2) is 0 Å². The zero-order valence-corrected chi connectivity index (χ0v) is 12.5. The van der Waals surface area contributed by atoms with Gasteiger partial charge in [0.2, 0.25) is 5.88 Å². The van der Waals surface area contributed by atoms with Gasteiger partial charge in [-0.15, -0.1) is 0 Å². The maximum atomic E-state index is 12.3. The van der Waals surface area contributed by atoms with E-state index in [0.29, 0.717) is 21.7 Å². The molecule has 0 atom stereocenters. The van der Waals surface area contributed by atoms with Crippen molar-refractivity contribution in [2.45, 2.75) is 0 Å². The lowest BCUT2D eigenvalue weighted by molar-refractivity contribution is 0.102. The highest BCUT2D eigenvalue weighted by Gasteiger charge is 2.15. The number of aromatic nitrogens is 1. The lowest BCUT2D eigenvalue weighted by atomic mass is 10.1. The summed E-state index contributed by atoms with van der Waals surface area (Å²) in [6.45, 7) is 0. The van der Waals surface area contributed by atoms with Crippen LogP contribution < -0.4 is 5.32 Å². The zero-order chi connectivity index (χ0) is 16.2. The molecule has 0 unspecified atom stereocenters. The summed E-state index contributed by atoms with van der Waals surface area (Å²) in [4.78, 5) is 12.3. The number of rotatable bonds is 3. The predicted octanol–water partition coefficient (Wildman–Crippen LogP) is 4.12. The second-order valence-corrected chi connectivity index (χ2v) is 5.16. The Bertz CT molecular complexity index is 895. The van der Waals surface area contributed by atoms with Gasteiger partial charge in [-0.3, -0.25) is 10.1 Å². The standard InChI is InChI=1S/C17H10ClN3O2/c18-14-6-4-12(5-7-14)15-10-20-23-17(15)21-16(22)13-3-1-2-11(8-13)9-19/h1-8,10H,(H,21,22). The molecule has 1 N–H and O–H groups in total. The molecule has 0 saturated carbocycles. The molecule has 0 aliphatic carbocycles. The number of carbonyl (C=O) groups excluding carboxylic acids is 1. The van der Waals surface area contributed by atoms with Crippen molar-refractivity contribution >= 4 is 23.4 Å². The van der Waals surface area contributed by atoms with Crippen LogP contribution in [0.2, 0.25) is 5.02 Å². The van der Waals surface area contributed by atoms with Gasteiger partial charge < -0.3 is 4.52 Å². The Hall–Kier alpha value is -3.10. The van der Waals surface area contributed by atoms with Crippen LogP contribution in [0.4, 0.5) is 5.88 Å². The highest BCUT2D eigenvalue weighted by molar-refractivity contribution is 6.30. The quantitative estimate of drug-likeness (QED) is 0.786. The molecular weight excluding hydrogens is 314 g/mol. The summed E-state index contributed by atoms with van der Waals surface area (Å²) in [7, 11) is 0. The summed E-state index contributed by atoms with van der Waals surface area (Å²) in [5.41, 5.74) is 2.24. The fourth-order valence-electron chi connectivity index (χ4n) is 2.07. The van der Waals surface area contributed by atoms with Crippen LogP contribution in [-0.4, -0.2) is 11.1 Å². The third-order valence-electron chi connectivity index (χ3n) is 3.21. The third kappa shape index (κ3) is 3.23. The molecule has 1 amide bonds. The molecule has 23 heavy (non-hydrogen) atoms. The Morgan fingerprint density at radius 3 is 2.74 bits per heavy atom. The second-order valence-electron chi connectivity index (χ2n) is 4.72. The van der Waals surface area contributed by atoms with Gasteiger partial charge in [-0.2, -0.15) is 5.26 Å². The molecule has 0 aliphatic rings. The number of anilines is 1. The highest BCUT2D eigenvalue weighted by Crippen LogP contribution is 2.29. The first-order chi connectivity index (χ1) is 11.2. The third-order valence-corrected chi connectivity index (χ3v) is 3.46. The number of nitrogens with zero attached hydrogens (tertiary/aromatic N) is 2. The van der Waals surface area contributed by atoms with Crippen molar-refractivity contribution in [3.63, 3.8) is 0 Å². The van der Waals surface area contributed by atoms with E-state index in [1.54, 1.807) is 42.5 Å². The summed E-state index contributed by atoms with van der Waals surface area (Å²) in [5.74, 6) is -0.145. The van der Waals surface area contributed by atoms with Crippen molar-refractivity contribution < 1.29 is 9.32 Å². The van der Waals surface area contributed by atoms with E-state index in [1.165, 1.54) is 12.3 Å². The monoisotopic (exact) mass is 323 g/mol. The normalized spacial score (nSPS) is 10.1. The van der Waals surface area contributed by atoms with Gasteiger partial charge in [0, 0.05) is 10.6 Å². The summed E-state index contributed by atoms with van der Waals surface area (Å²) in [6.07, 6.45) is 1.52. The lowest BCUT2D eigenvalue weighted by Crippen LogP contribution is -2.12. The Morgan fingerprint density at radius 1 is 1.22 bits per heavy atom.